The summed E-state index contributed by atoms with van der Waals surface area (Å²) in [5.41, 5.74) is 15.8. The van der Waals surface area contributed by atoms with E-state index in [0.717, 1.165) is 77.2 Å². The lowest BCUT2D eigenvalue weighted by Crippen LogP contribution is -1.96. The van der Waals surface area contributed by atoms with Crippen molar-refractivity contribution in [1.82, 2.24) is 19.9 Å². The first-order valence-electron chi connectivity index (χ1n) is 18.7. The van der Waals surface area contributed by atoms with Crippen LogP contribution in [0.3, 0.4) is 0 Å². The number of nitrogens with zero attached hydrogens (tertiary/aromatic N) is 4. The van der Waals surface area contributed by atoms with Gasteiger partial charge in [-0.25, -0.2) is 0 Å². The molecule has 0 unspecified atom stereocenters. The molecule has 0 aliphatic carbocycles. The highest BCUT2D eigenvalue weighted by Gasteiger charge is 2.22. The quantitative estimate of drug-likeness (QED) is 0.154. The van der Waals surface area contributed by atoms with Gasteiger partial charge in [0.25, 0.3) is 0 Å². The van der Waals surface area contributed by atoms with Crippen LogP contribution in [0.25, 0.3) is 99.4 Å². The molecule has 56 heavy (non-hydrogen) atoms. The third-order valence-corrected chi connectivity index (χ3v) is 10.7. The second-order valence-electron chi connectivity index (χ2n) is 13.9. The molecule has 0 spiro atoms. The van der Waals surface area contributed by atoms with E-state index in [2.05, 4.69) is 168 Å². The zero-order chi connectivity index (χ0) is 37.3. The van der Waals surface area contributed by atoms with Crippen molar-refractivity contribution in [3.63, 3.8) is 0 Å². The summed E-state index contributed by atoms with van der Waals surface area (Å²) in [4.78, 5) is 18.1. The van der Waals surface area contributed by atoms with E-state index in [1.807, 2.05) is 49.6 Å². The van der Waals surface area contributed by atoms with Crippen molar-refractivity contribution in [2.75, 3.05) is 0 Å². The van der Waals surface area contributed by atoms with Gasteiger partial charge in [-0.3, -0.25) is 19.9 Å². The maximum absolute atomic E-state index is 4.73. The van der Waals surface area contributed by atoms with Gasteiger partial charge in [0.2, 0.25) is 0 Å². The number of aromatic nitrogens is 4. The number of rotatable bonds is 7. The van der Waals surface area contributed by atoms with Crippen LogP contribution < -0.4 is 0 Å². The van der Waals surface area contributed by atoms with Crippen LogP contribution in [0, 0.1) is 0 Å². The lowest BCUT2D eigenvalue weighted by molar-refractivity contribution is 1.31. The average Bonchev–Trinajstić information content (AvgIpc) is 3.29. The molecule has 0 saturated heterocycles. The van der Waals surface area contributed by atoms with E-state index in [0.29, 0.717) is 0 Å². The SMILES string of the molecule is c1ccc(-c2cc(-c3ccccc3)cc(-c3ccc4c(-c5cnccc5-c5ccncc5)c5ccccc5c(-c5cnccc5-c5ccncc5)c4c3)c2)cc1. The Morgan fingerprint density at radius 3 is 1.14 bits per heavy atom. The molecular formula is C52H34N4. The molecule has 0 amide bonds. The molecule has 262 valence electrons. The highest BCUT2D eigenvalue weighted by Crippen LogP contribution is 2.48. The minimum Gasteiger partial charge on any atom is -0.265 e. The fourth-order valence-corrected chi connectivity index (χ4v) is 8.08. The van der Waals surface area contributed by atoms with E-state index in [-0.39, 0.29) is 0 Å². The van der Waals surface area contributed by atoms with Crippen LogP contribution in [0.1, 0.15) is 0 Å². The van der Waals surface area contributed by atoms with Crippen molar-refractivity contribution in [1.29, 1.82) is 0 Å². The van der Waals surface area contributed by atoms with Crippen LogP contribution in [0.2, 0.25) is 0 Å². The maximum atomic E-state index is 4.73. The summed E-state index contributed by atoms with van der Waals surface area (Å²) < 4.78 is 0. The molecule has 0 saturated carbocycles. The smallest absolute Gasteiger partial charge is 0.0353 e. The minimum absolute atomic E-state index is 1.06. The Labute approximate surface area is 325 Å². The Morgan fingerprint density at radius 1 is 0.232 bits per heavy atom. The van der Waals surface area contributed by atoms with Gasteiger partial charge in [-0.2, -0.15) is 0 Å². The average molecular weight is 715 g/mol. The van der Waals surface area contributed by atoms with E-state index in [1.165, 1.54) is 22.3 Å². The van der Waals surface area contributed by atoms with Gasteiger partial charge >= 0.3 is 0 Å². The third kappa shape index (κ3) is 6.00. The Morgan fingerprint density at radius 2 is 0.643 bits per heavy atom. The molecular weight excluding hydrogens is 681 g/mol. The molecule has 4 nitrogen and oxygen atoms in total. The molecule has 4 aromatic heterocycles. The first-order valence-corrected chi connectivity index (χ1v) is 18.7. The minimum atomic E-state index is 1.06. The third-order valence-electron chi connectivity index (χ3n) is 10.7. The van der Waals surface area contributed by atoms with E-state index in [1.54, 1.807) is 0 Å². The van der Waals surface area contributed by atoms with Crippen LogP contribution in [0.5, 0.6) is 0 Å². The van der Waals surface area contributed by atoms with Crippen LogP contribution in [-0.2, 0) is 0 Å². The van der Waals surface area contributed by atoms with Gasteiger partial charge in [-0.05, 0) is 149 Å². The zero-order valence-corrected chi connectivity index (χ0v) is 30.4. The molecule has 6 aromatic carbocycles. The van der Waals surface area contributed by atoms with E-state index in [4.69, 9.17) is 9.97 Å². The second-order valence-corrected chi connectivity index (χ2v) is 13.9. The normalized spacial score (nSPS) is 11.2. The Balaban J connectivity index is 1.31. The Hall–Kier alpha value is -7.56. The number of hydrogen-bond acceptors (Lipinski definition) is 4. The molecule has 10 rings (SSSR count). The maximum Gasteiger partial charge on any atom is 0.0353 e. The van der Waals surface area contributed by atoms with Gasteiger partial charge in [0, 0.05) is 60.7 Å². The van der Waals surface area contributed by atoms with Gasteiger partial charge in [-0.15, -0.1) is 0 Å². The predicted octanol–water partition coefficient (Wildman–Crippen LogP) is 13.2. The van der Waals surface area contributed by atoms with Gasteiger partial charge < -0.3 is 0 Å². The van der Waals surface area contributed by atoms with Crippen molar-refractivity contribution < 1.29 is 0 Å². The fourth-order valence-electron chi connectivity index (χ4n) is 8.08. The molecule has 4 heterocycles. The summed E-state index contributed by atoms with van der Waals surface area (Å²) in [5.74, 6) is 0. The molecule has 0 aliphatic rings. The van der Waals surface area contributed by atoms with Crippen LogP contribution >= 0.6 is 0 Å². The van der Waals surface area contributed by atoms with Crippen LogP contribution in [0.15, 0.2) is 207 Å². The molecule has 0 bridgehead atoms. The lowest BCUT2D eigenvalue weighted by atomic mass is 9.82. The van der Waals surface area contributed by atoms with Crippen molar-refractivity contribution in [3.8, 4) is 77.9 Å². The first-order chi connectivity index (χ1) is 27.8. The number of fused-ring (bicyclic) bond motifs is 2. The van der Waals surface area contributed by atoms with E-state index < -0.39 is 0 Å². The first kappa shape index (κ1) is 33.0. The summed E-state index contributed by atoms with van der Waals surface area (Å²) >= 11 is 0. The lowest BCUT2D eigenvalue weighted by Gasteiger charge is -2.21. The second kappa shape index (κ2) is 14.3. The summed E-state index contributed by atoms with van der Waals surface area (Å²) in [6.07, 6.45) is 15.2. The molecule has 0 fully saturated rings. The van der Waals surface area contributed by atoms with Crippen molar-refractivity contribution >= 4 is 21.5 Å². The highest BCUT2D eigenvalue weighted by atomic mass is 14.6. The van der Waals surface area contributed by atoms with Gasteiger partial charge in [0.05, 0.1) is 0 Å². The summed E-state index contributed by atoms with van der Waals surface area (Å²) in [5, 5.41) is 4.56. The van der Waals surface area contributed by atoms with E-state index >= 15 is 0 Å². The number of pyridine rings is 4. The van der Waals surface area contributed by atoms with Crippen molar-refractivity contribution in [2.24, 2.45) is 0 Å². The van der Waals surface area contributed by atoms with Gasteiger partial charge in [0.15, 0.2) is 0 Å². The molecule has 0 atom stereocenters. The summed E-state index contributed by atoms with van der Waals surface area (Å²) in [7, 11) is 0. The summed E-state index contributed by atoms with van der Waals surface area (Å²) in [6.45, 7) is 0. The Kier molecular flexibility index (Phi) is 8.47. The highest BCUT2D eigenvalue weighted by molar-refractivity contribution is 6.23. The number of hydrogen-bond donors (Lipinski definition) is 0. The largest absolute Gasteiger partial charge is 0.265 e. The Bertz CT molecular complexity index is 2940. The van der Waals surface area contributed by atoms with Crippen molar-refractivity contribution in [3.05, 3.63) is 207 Å². The van der Waals surface area contributed by atoms with Gasteiger partial charge in [-0.1, -0.05) is 97.1 Å². The molecule has 0 N–H and O–H groups in total. The fraction of sp³-hybridized carbons (Fsp3) is 0. The summed E-state index contributed by atoms with van der Waals surface area (Å²) in [6, 6.07) is 56.4. The number of benzene rings is 6. The van der Waals surface area contributed by atoms with Gasteiger partial charge in [0.1, 0.15) is 0 Å². The predicted molar refractivity (Wildman–Crippen MR) is 231 cm³/mol. The molecule has 0 aliphatic heterocycles. The zero-order valence-electron chi connectivity index (χ0n) is 30.4. The molecule has 0 radical (unpaired) electrons. The van der Waals surface area contributed by atoms with Crippen LogP contribution in [0.4, 0.5) is 0 Å². The standard InChI is InChI=1S/C52H34N4/c1-3-9-35(10-4-1)40-29-41(36-11-5-2-6-12-36)31-42(30-40)39-15-16-47-48(32-39)52(50-34-56-28-22-44(50)38-19-25-54-26-20-38)46-14-8-7-13-45(46)51(47)49-33-55-27-21-43(49)37-17-23-53-24-18-37/h1-34H. The van der Waals surface area contributed by atoms with E-state index in [9.17, 15) is 0 Å². The van der Waals surface area contributed by atoms with Crippen molar-refractivity contribution in [2.45, 2.75) is 0 Å². The topological polar surface area (TPSA) is 51.6 Å². The monoisotopic (exact) mass is 714 g/mol. The molecule has 4 heteroatoms. The van der Waals surface area contributed by atoms with Crippen LogP contribution in [-0.4, -0.2) is 19.9 Å². The molecule has 10 aromatic rings.